The number of para-hydroxylation sites is 1. The van der Waals surface area contributed by atoms with E-state index in [2.05, 4.69) is 19.9 Å². The van der Waals surface area contributed by atoms with Gasteiger partial charge >= 0.3 is 0 Å². The number of benzene rings is 1. The van der Waals surface area contributed by atoms with Crippen LogP contribution in [0.15, 0.2) is 24.3 Å². The van der Waals surface area contributed by atoms with Crippen molar-refractivity contribution in [1.29, 1.82) is 0 Å². The van der Waals surface area contributed by atoms with Crippen LogP contribution in [0.3, 0.4) is 0 Å². The Hall–Kier alpha value is -0.980. The third kappa shape index (κ3) is 40.2. The van der Waals surface area contributed by atoms with Crippen LogP contribution in [0, 0.1) is 0 Å². The molecule has 0 spiro atoms. The molecular formula is C56H106O. The monoisotopic (exact) mass is 795 g/mol. The maximum absolute atomic E-state index is 10.0. The fourth-order valence-electron chi connectivity index (χ4n) is 9.36. The topological polar surface area (TPSA) is 20.2 Å². The highest BCUT2D eigenvalue weighted by Gasteiger charge is 2.09. The molecule has 1 aromatic carbocycles. The normalized spacial score (nSPS) is 12.2. The Kier molecular flexibility index (Phi) is 43.7. The highest BCUT2D eigenvalue weighted by Crippen LogP contribution is 2.29. The average Bonchev–Trinajstić information content (AvgIpc) is 3.22. The van der Waals surface area contributed by atoms with Crippen LogP contribution in [-0.4, -0.2) is 5.11 Å². The van der Waals surface area contributed by atoms with E-state index >= 15 is 0 Å². The van der Waals surface area contributed by atoms with Crippen molar-refractivity contribution < 1.29 is 5.11 Å². The molecule has 1 rings (SSSR count). The van der Waals surface area contributed by atoms with Crippen LogP contribution >= 0.6 is 0 Å². The molecule has 0 heterocycles. The van der Waals surface area contributed by atoms with Crippen LogP contribution < -0.4 is 0 Å². The summed E-state index contributed by atoms with van der Waals surface area (Å²) in [7, 11) is 0. The van der Waals surface area contributed by atoms with Gasteiger partial charge < -0.3 is 5.11 Å². The van der Waals surface area contributed by atoms with Gasteiger partial charge in [-0.3, -0.25) is 0 Å². The minimum absolute atomic E-state index is 0.465. The van der Waals surface area contributed by atoms with Gasteiger partial charge in [-0.15, -0.1) is 0 Å². The highest BCUT2D eigenvalue weighted by molar-refractivity contribution is 5.34. The number of aromatic hydroxyl groups is 1. The Morgan fingerprint density at radius 3 is 0.702 bits per heavy atom. The molecule has 0 aliphatic carbocycles. The summed E-state index contributed by atoms with van der Waals surface area (Å²) in [6.45, 7) is 4.56. The van der Waals surface area contributed by atoms with Crippen LogP contribution in [0.2, 0.25) is 0 Å². The molecule has 0 aromatic heterocycles. The second kappa shape index (κ2) is 46.1. The first kappa shape index (κ1) is 54.0. The summed E-state index contributed by atoms with van der Waals surface area (Å²) >= 11 is 0. The third-order valence-electron chi connectivity index (χ3n) is 13.5. The highest BCUT2D eigenvalue weighted by atomic mass is 16.3. The SMILES string of the molecule is CCCCCCCCCCCCCCCCCCCCCCCCCCCCCCCCCCCCCCCCCCCCCCCCC(C)c1ccccc1O. The lowest BCUT2D eigenvalue weighted by atomic mass is 9.94. The molecule has 0 radical (unpaired) electrons. The second-order valence-electron chi connectivity index (χ2n) is 19.2. The second-order valence-corrected chi connectivity index (χ2v) is 19.2. The first-order valence-corrected chi connectivity index (χ1v) is 27.0. The van der Waals surface area contributed by atoms with Gasteiger partial charge in [0.2, 0.25) is 0 Å². The molecule has 1 heteroatoms. The molecule has 0 aliphatic rings. The maximum atomic E-state index is 10.0. The van der Waals surface area contributed by atoms with E-state index in [9.17, 15) is 5.11 Å². The lowest BCUT2D eigenvalue weighted by Crippen LogP contribution is -1.94. The summed E-state index contributed by atoms with van der Waals surface area (Å²) in [6, 6.07) is 7.85. The lowest BCUT2D eigenvalue weighted by molar-refractivity contribution is 0.457. The van der Waals surface area contributed by atoms with Crippen LogP contribution in [0.25, 0.3) is 0 Å². The van der Waals surface area contributed by atoms with Gasteiger partial charge in [0, 0.05) is 0 Å². The van der Waals surface area contributed by atoms with Gasteiger partial charge in [0.25, 0.3) is 0 Å². The van der Waals surface area contributed by atoms with Crippen molar-refractivity contribution in [2.45, 2.75) is 322 Å². The number of phenols is 1. The number of hydrogen-bond acceptors (Lipinski definition) is 1. The van der Waals surface area contributed by atoms with E-state index in [4.69, 9.17) is 0 Å². The van der Waals surface area contributed by atoms with Crippen molar-refractivity contribution in [2.24, 2.45) is 0 Å². The van der Waals surface area contributed by atoms with E-state index in [1.807, 2.05) is 18.2 Å². The molecule has 0 amide bonds. The Bertz CT molecular complexity index is 876. The molecule has 0 saturated heterocycles. The van der Waals surface area contributed by atoms with Crippen molar-refractivity contribution in [2.75, 3.05) is 0 Å². The quantitative estimate of drug-likeness (QED) is 0.0652. The summed E-state index contributed by atoms with van der Waals surface area (Å²) in [5.74, 6) is 0.931. The Morgan fingerprint density at radius 2 is 0.491 bits per heavy atom. The molecule has 57 heavy (non-hydrogen) atoms. The van der Waals surface area contributed by atoms with Crippen molar-refractivity contribution in [3.8, 4) is 5.75 Å². The van der Waals surface area contributed by atoms with E-state index in [0.29, 0.717) is 11.7 Å². The minimum Gasteiger partial charge on any atom is -0.508 e. The van der Waals surface area contributed by atoms with Crippen molar-refractivity contribution in [3.63, 3.8) is 0 Å². The number of rotatable bonds is 48. The van der Waals surface area contributed by atoms with Crippen molar-refractivity contribution in [1.82, 2.24) is 0 Å². The summed E-state index contributed by atoms with van der Waals surface area (Å²) < 4.78 is 0. The summed E-state index contributed by atoms with van der Waals surface area (Å²) in [4.78, 5) is 0. The van der Waals surface area contributed by atoms with Crippen LogP contribution in [0.1, 0.15) is 327 Å². The Morgan fingerprint density at radius 1 is 0.298 bits per heavy atom. The van der Waals surface area contributed by atoms with Gasteiger partial charge in [0.1, 0.15) is 5.75 Å². The Balaban J connectivity index is 1.62. The van der Waals surface area contributed by atoms with Gasteiger partial charge in [-0.05, 0) is 24.0 Å². The number of hydrogen-bond donors (Lipinski definition) is 1. The van der Waals surface area contributed by atoms with Crippen molar-refractivity contribution >= 4 is 0 Å². The van der Waals surface area contributed by atoms with Crippen molar-refractivity contribution in [3.05, 3.63) is 29.8 Å². The van der Waals surface area contributed by atoms with Gasteiger partial charge in [0.05, 0.1) is 0 Å². The molecule has 336 valence electrons. The molecule has 0 fully saturated rings. The van der Waals surface area contributed by atoms with Gasteiger partial charge in [-0.2, -0.15) is 0 Å². The molecule has 0 aliphatic heterocycles. The minimum atomic E-state index is 0.465. The Labute approximate surface area is 360 Å². The van der Waals surface area contributed by atoms with Crippen LogP contribution in [0.4, 0.5) is 0 Å². The molecule has 1 atom stereocenters. The number of phenolic OH excluding ortho intramolecular Hbond substituents is 1. The average molecular weight is 795 g/mol. The first-order valence-electron chi connectivity index (χ1n) is 27.0. The van der Waals surface area contributed by atoms with E-state index in [1.54, 1.807) is 0 Å². The predicted octanol–water partition coefficient (Wildman–Crippen LogP) is 20.9. The standard InChI is InChI=1S/C56H106O/c1-3-4-5-6-7-8-9-10-11-12-13-14-15-16-17-18-19-20-21-22-23-24-25-26-27-28-29-30-31-32-33-34-35-36-37-38-39-40-41-42-43-44-45-46-47-48-51-54(2)55-52-49-50-53-56(55)57/h49-50,52-54,57H,3-48,51H2,1-2H3. The molecule has 0 bridgehead atoms. The maximum Gasteiger partial charge on any atom is 0.119 e. The van der Waals surface area contributed by atoms with Crippen LogP contribution in [-0.2, 0) is 0 Å². The zero-order valence-corrected chi connectivity index (χ0v) is 39.6. The lowest BCUT2D eigenvalue weighted by Gasteiger charge is -2.13. The molecule has 0 saturated carbocycles. The molecule has 1 N–H and O–H groups in total. The van der Waals surface area contributed by atoms with E-state index in [0.717, 1.165) is 5.56 Å². The third-order valence-corrected chi connectivity index (χ3v) is 13.5. The molecule has 1 aromatic rings. The largest absolute Gasteiger partial charge is 0.508 e. The van der Waals surface area contributed by atoms with E-state index in [1.165, 1.54) is 302 Å². The summed E-state index contributed by atoms with van der Waals surface area (Å²) in [5, 5.41) is 10.0. The van der Waals surface area contributed by atoms with Crippen LogP contribution in [0.5, 0.6) is 5.75 Å². The van der Waals surface area contributed by atoms with Gasteiger partial charge in [0.15, 0.2) is 0 Å². The zero-order chi connectivity index (χ0) is 40.8. The fraction of sp³-hybridized carbons (Fsp3) is 0.893. The zero-order valence-electron chi connectivity index (χ0n) is 39.6. The van der Waals surface area contributed by atoms with Gasteiger partial charge in [-0.25, -0.2) is 0 Å². The van der Waals surface area contributed by atoms with E-state index in [-0.39, 0.29) is 0 Å². The fourth-order valence-corrected chi connectivity index (χ4v) is 9.36. The molecular weight excluding hydrogens is 689 g/mol. The predicted molar refractivity (Wildman–Crippen MR) is 259 cm³/mol. The molecule has 1 nitrogen and oxygen atoms in total. The molecule has 1 unspecified atom stereocenters. The first-order chi connectivity index (χ1) is 28.3. The summed E-state index contributed by atoms with van der Waals surface area (Å²) in [6.07, 6.45) is 68.7. The van der Waals surface area contributed by atoms with Gasteiger partial charge in [-0.1, -0.05) is 327 Å². The van der Waals surface area contributed by atoms with E-state index < -0.39 is 0 Å². The number of unbranched alkanes of at least 4 members (excludes halogenated alkanes) is 45. The summed E-state index contributed by atoms with van der Waals surface area (Å²) in [5.41, 5.74) is 1.12. The smallest absolute Gasteiger partial charge is 0.119 e.